The van der Waals surface area contributed by atoms with E-state index in [2.05, 4.69) is 10.2 Å². The maximum absolute atomic E-state index is 12.2. The number of nitrogens with zero attached hydrogens (tertiary/aromatic N) is 1. The van der Waals surface area contributed by atoms with E-state index in [-0.39, 0.29) is 12.3 Å². The zero-order valence-electron chi connectivity index (χ0n) is 14.3. The Bertz CT molecular complexity index is 592. The number of hydrogen-bond donors (Lipinski definition) is 2. The molecule has 1 fully saturated rings. The van der Waals surface area contributed by atoms with Gasteiger partial charge in [0, 0.05) is 42.4 Å². The van der Waals surface area contributed by atoms with Crippen molar-refractivity contribution in [2.75, 3.05) is 49.3 Å². The number of ether oxygens (including phenoxy) is 1. The summed E-state index contributed by atoms with van der Waals surface area (Å²) in [7, 11) is 3.09. The minimum atomic E-state index is -0.780. The van der Waals surface area contributed by atoms with E-state index < -0.39 is 5.97 Å². The van der Waals surface area contributed by atoms with Crippen molar-refractivity contribution in [1.82, 2.24) is 5.32 Å². The molecule has 0 radical (unpaired) electrons. The summed E-state index contributed by atoms with van der Waals surface area (Å²) in [5.41, 5.74) is 2.91. The number of rotatable bonds is 9. The van der Waals surface area contributed by atoms with E-state index in [1.807, 2.05) is 25.1 Å². The number of nitrogens with one attached hydrogen (secondary N) is 1. The summed E-state index contributed by atoms with van der Waals surface area (Å²) < 4.78 is 5.38. The van der Waals surface area contributed by atoms with Crippen LogP contribution in [0.4, 0.5) is 5.69 Å². The highest BCUT2D eigenvalue weighted by molar-refractivity contribution is 8.76. The first-order valence-corrected chi connectivity index (χ1v) is 10.7. The number of carbonyl (C=O) groups excluding carboxylic acids is 1. The number of benzene rings is 1. The van der Waals surface area contributed by atoms with Gasteiger partial charge in [-0.05, 0) is 30.7 Å². The third-order valence-corrected chi connectivity index (χ3v) is 6.17. The Morgan fingerprint density at radius 1 is 1.24 bits per heavy atom. The molecule has 1 aromatic carbocycles. The molecular formula is C17H24N2O4S2. The van der Waals surface area contributed by atoms with Gasteiger partial charge in [0.2, 0.25) is 0 Å². The predicted molar refractivity (Wildman–Crippen MR) is 104 cm³/mol. The Labute approximate surface area is 156 Å². The monoisotopic (exact) mass is 384 g/mol. The van der Waals surface area contributed by atoms with Gasteiger partial charge in [0.1, 0.15) is 0 Å². The number of anilines is 1. The van der Waals surface area contributed by atoms with Crippen LogP contribution in [0.25, 0.3) is 0 Å². The minimum absolute atomic E-state index is 0.0761. The first-order chi connectivity index (χ1) is 12.1. The lowest BCUT2D eigenvalue weighted by atomic mass is 10.1. The summed E-state index contributed by atoms with van der Waals surface area (Å²) in [6.07, 6.45) is 0.165. The van der Waals surface area contributed by atoms with Gasteiger partial charge >= 0.3 is 5.97 Å². The van der Waals surface area contributed by atoms with Gasteiger partial charge in [-0.2, -0.15) is 0 Å². The van der Waals surface area contributed by atoms with Crippen molar-refractivity contribution in [3.8, 4) is 0 Å². The summed E-state index contributed by atoms with van der Waals surface area (Å²) in [6.45, 7) is 5.82. The van der Waals surface area contributed by atoms with E-state index in [0.29, 0.717) is 17.9 Å². The fraction of sp³-hybridized carbons (Fsp3) is 0.529. The first-order valence-electron chi connectivity index (χ1n) is 8.25. The second kappa shape index (κ2) is 10.6. The van der Waals surface area contributed by atoms with Crippen LogP contribution in [0.15, 0.2) is 18.2 Å². The van der Waals surface area contributed by atoms with Gasteiger partial charge in [-0.1, -0.05) is 21.6 Å². The lowest BCUT2D eigenvalue weighted by Crippen LogP contribution is -2.36. The van der Waals surface area contributed by atoms with E-state index in [1.165, 1.54) is 10.8 Å². The molecule has 0 atom stereocenters. The molecule has 8 heteroatoms. The highest BCUT2D eigenvalue weighted by Gasteiger charge is 2.14. The van der Waals surface area contributed by atoms with Crippen LogP contribution in [0.3, 0.4) is 0 Å². The zero-order valence-corrected chi connectivity index (χ0v) is 16.0. The number of hydrogen-bond acceptors (Lipinski definition) is 6. The van der Waals surface area contributed by atoms with Crippen LogP contribution in [0.1, 0.15) is 22.3 Å². The number of carboxylic acids is 1. The maximum Gasteiger partial charge on any atom is 0.304 e. The number of carbonyl (C=O) groups is 2. The summed E-state index contributed by atoms with van der Waals surface area (Å²) in [4.78, 5) is 24.9. The van der Waals surface area contributed by atoms with Crippen molar-refractivity contribution in [3.63, 3.8) is 0 Å². The van der Waals surface area contributed by atoms with Crippen molar-refractivity contribution in [2.45, 2.75) is 13.3 Å². The van der Waals surface area contributed by atoms with Gasteiger partial charge in [0.15, 0.2) is 0 Å². The molecule has 1 saturated heterocycles. The average Bonchev–Trinajstić information content (AvgIpc) is 2.61. The summed E-state index contributed by atoms with van der Waals surface area (Å²) in [5.74, 6) is 0.474. The molecule has 0 spiro atoms. The molecule has 1 aromatic rings. The number of amides is 1. The van der Waals surface area contributed by atoms with Crippen LogP contribution in [-0.4, -0.2) is 61.3 Å². The Morgan fingerprint density at radius 2 is 1.96 bits per heavy atom. The van der Waals surface area contributed by atoms with Crippen LogP contribution in [-0.2, 0) is 9.53 Å². The maximum atomic E-state index is 12.2. The molecule has 1 amide bonds. The molecular weight excluding hydrogens is 360 g/mol. The van der Waals surface area contributed by atoms with E-state index >= 15 is 0 Å². The van der Waals surface area contributed by atoms with Crippen molar-refractivity contribution in [3.05, 3.63) is 29.3 Å². The van der Waals surface area contributed by atoms with Crippen LogP contribution in [0, 0.1) is 6.92 Å². The van der Waals surface area contributed by atoms with E-state index in [1.54, 1.807) is 10.8 Å². The van der Waals surface area contributed by atoms with Crippen molar-refractivity contribution in [1.29, 1.82) is 0 Å². The van der Waals surface area contributed by atoms with Gasteiger partial charge < -0.3 is 20.1 Å². The molecule has 0 aliphatic carbocycles. The van der Waals surface area contributed by atoms with Gasteiger partial charge in [0.05, 0.1) is 19.6 Å². The van der Waals surface area contributed by atoms with E-state index in [4.69, 9.17) is 9.84 Å². The fourth-order valence-electron chi connectivity index (χ4n) is 2.51. The summed E-state index contributed by atoms with van der Waals surface area (Å²) >= 11 is 0. The van der Waals surface area contributed by atoms with Crippen molar-refractivity contribution >= 4 is 39.2 Å². The topological polar surface area (TPSA) is 78.9 Å². The molecule has 0 unspecified atom stereocenters. The zero-order chi connectivity index (χ0) is 18.1. The van der Waals surface area contributed by atoms with Crippen molar-refractivity contribution in [2.24, 2.45) is 0 Å². The lowest BCUT2D eigenvalue weighted by Gasteiger charge is -2.30. The Kier molecular flexibility index (Phi) is 8.43. The third kappa shape index (κ3) is 6.80. The molecule has 0 aromatic heterocycles. The summed E-state index contributed by atoms with van der Waals surface area (Å²) in [5, 5.41) is 11.5. The van der Waals surface area contributed by atoms with Gasteiger partial charge in [-0.15, -0.1) is 0 Å². The van der Waals surface area contributed by atoms with E-state index in [9.17, 15) is 9.59 Å². The molecule has 1 aliphatic heterocycles. The fourth-order valence-corrected chi connectivity index (χ4v) is 4.40. The SMILES string of the molecule is Cc1cc(C(=O)NCCSSCCC(=O)O)ccc1N1CCOCC1. The average molecular weight is 385 g/mol. The molecule has 25 heavy (non-hydrogen) atoms. The molecule has 1 heterocycles. The molecule has 0 bridgehead atoms. The lowest BCUT2D eigenvalue weighted by molar-refractivity contribution is -0.136. The molecule has 2 N–H and O–H groups in total. The molecule has 6 nitrogen and oxygen atoms in total. The number of aryl methyl sites for hydroxylation is 1. The predicted octanol–water partition coefficient (Wildman–Crippen LogP) is 2.42. The standard InChI is InChI=1S/C17H24N2O4S2/c1-13-12-14(2-3-15(13)19-6-8-23-9-7-19)17(22)18-5-11-25-24-10-4-16(20)21/h2-3,12H,4-11H2,1H3,(H,18,22)(H,20,21). The van der Waals surface area contributed by atoms with Gasteiger partial charge in [0.25, 0.3) is 5.91 Å². The van der Waals surface area contributed by atoms with Gasteiger partial charge in [-0.25, -0.2) is 0 Å². The highest BCUT2D eigenvalue weighted by Crippen LogP contribution is 2.23. The molecule has 2 rings (SSSR count). The van der Waals surface area contributed by atoms with Crippen LogP contribution < -0.4 is 10.2 Å². The normalized spacial score (nSPS) is 14.4. The van der Waals surface area contributed by atoms with Crippen LogP contribution in [0.2, 0.25) is 0 Å². The first kappa shape index (κ1) is 19.9. The number of morpholine rings is 1. The van der Waals surface area contributed by atoms with Crippen LogP contribution >= 0.6 is 21.6 Å². The Morgan fingerprint density at radius 3 is 2.64 bits per heavy atom. The number of aliphatic carboxylic acids is 1. The Balaban J connectivity index is 1.74. The van der Waals surface area contributed by atoms with E-state index in [0.717, 1.165) is 43.3 Å². The van der Waals surface area contributed by atoms with Crippen LogP contribution in [0.5, 0.6) is 0 Å². The smallest absolute Gasteiger partial charge is 0.304 e. The van der Waals surface area contributed by atoms with Gasteiger partial charge in [-0.3, -0.25) is 9.59 Å². The highest BCUT2D eigenvalue weighted by atomic mass is 33.1. The second-order valence-electron chi connectivity index (χ2n) is 5.64. The minimum Gasteiger partial charge on any atom is -0.481 e. The molecule has 1 aliphatic rings. The quantitative estimate of drug-likeness (QED) is 0.500. The largest absolute Gasteiger partial charge is 0.481 e. The number of carboxylic acid groups (broad SMARTS) is 1. The Hall–Kier alpha value is -1.38. The molecule has 0 saturated carbocycles. The summed E-state index contributed by atoms with van der Waals surface area (Å²) in [6, 6.07) is 5.79. The second-order valence-corrected chi connectivity index (χ2v) is 8.35. The van der Waals surface area contributed by atoms with Crippen molar-refractivity contribution < 1.29 is 19.4 Å². The third-order valence-electron chi connectivity index (χ3n) is 3.76. The molecule has 138 valence electrons.